The van der Waals surface area contributed by atoms with Crippen molar-refractivity contribution in [3.05, 3.63) is 30.3 Å². The Bertz CT molecular complexity index is 371. The molecule has 0 radical (unpaired) electrons. The lowest BCUT2D eigenvalue weighted by Crippen LogP contribution is -2.56. The zero-order chi connectivity index (χ0) is 13.7. The van der Waals surface area contributed by atoms with Gasteiger partial charge in [0.2, 0.25) is 0 Å². The molecule has 0 aromatic heterocycles. The van der Waals surface area contributed by atoms with Gasteiger partial charge in [0.05, 0.1) is 18.8 Å². The molecule has 1 fully saturated rings. The van der Waals surface area contributed by atoms with Crippen molar-refractivity contribution in [1.29, 1.82) is 0 Å². The molecule has 0 saturated carbocycles. The van der Waals surface area contributed by atoms with Crippen LogP contribution < -0.4 is 10.2 Å². The summed E-state index contributed by atoms with van der Waals surface area (Å²) in [6.45, 7) is 3.80. The number of hydrogen-bond donors (Lipinski definition) is 3. The number of nitrogens with zero attached hydrogens (tertiary/aromatic N) is 1. The Morgan fingerprint density at radius 2 is 1.74 bits per heavy atom. The molecule has 3 N–H and O–H groups in total. The standard InChI is InChI=1S/C15H24N2O2/c1-15(11-18,12-19)16-13-7-9-17(10-8-13)14-5-3-2-4-6-14/h2-6,13,16,18-19H,7-12H2,1H3. The molecular formula is C15H24N2O2. The molecule has 1 aromatic rings. The highest BCUT2D eigenvalue weighted by Gasteiger charge is 2.28. The summed E-state index contributed by atoms with van der Waals surface area (Å²) in [6, 6.07) is 10.8. The lowest BCUT2D eigenvalue weighted by atomic mass is 9.98. The molecule has 0 unspecified atom stereocenters. The van der Waals surface area contributed by atoms with Crippen LogP contribution in [0.2, 0.25) is 0 Å². The van der Waals surface area contributed by atoms with Crippen molar-refractivity contribution in [2.75, 3.05) is 31.2 Å². The van der Waals surface area contributed by atoms with E-state index < -0.39 is 5.54 Å². The summed E-state index contributed by atoms with van der Waals surface area (Å²) in [5.41, 5.74) is 0.701. The highest BCUT2D eigenvalue weighted by Crippen LogP contribution is 2.20. The van der Waals surface area contributed by atoms with E-state index in [4.69, 9.17) is 0 Å². The van der Waals surface area contributed by atoms with E-state index in [1.165, 1.54) is 5.69 Å². The predicted molar refractivity (Wildman–Crippen MR) is 77.4 cm³/mol. The molecule has 106 valence electrons. The molecule has 4 nitrogen and oxygen atoms in total. The van der Waals surface area contributed by atoms with E-state index in [0.29, 0.717) is 6.04 Å². The van der Waals surface area contributed by atoms with Gasteiger partial charge in [-0.25, -0.2) is 0 Å². The van der Waals surface area contributed by atoms with E-state index >= 15 is 0 Å². The molecule has 0 aliphatic carbocycles. The van der Waals surface area contributed by atoms with Crippen molar-refractivity contribution in [2.45, 2.75) is 31.3 Å². The van der Waals surface area contributed by atoms with Gasteiger partial charge in [-0.05, 0) is 31.9 Å². The Hall–Kier alpha value is -1.10. The van der Waals surface area contributed by atoms with Gasteiger partial charge in [-0.1, -0.05) is 18.2 Å². The Kier molecular flexibility index (Phi) is 4.80. The van der Waals surface area contributed by atoms with Crippen molar-refractivity contribution >= 4 is 5.69 Å². The maximum absolute atomic E-state index is 9.31. The van der Waals surface area contributed by atoms with Gasteiger partial charge in [0, 0.05) is 24.8 Å². The maximum Gasteiger partial charge on any atom is 0.0633 e. The highest BCUT2D eigenvalue weighted by atomic mass is 16.3. The van der Waals surface area contributed by atoms with E-state index in [0.717, 1.165) is 25.9 Å². The molecule has 0 amide bonds. The first-order chi connectivity index (χ1) is 9.17. The molecule has 1 saturated heterocycles. The average molecular weight is 264 g/mol. The van der Waals surface area contributed by atoms with Gasteiger partial charge in [-0.15, -0.1) is 0 Å². The van der Waals surface area contributed by atoms with E-state index in [1.807, 2.05) is 13.0 Å². The number of rotatable bonds is 5. The van der Waals surface area contributed by atoms with Gasteiger partial charge in [-0.3, -0.25) is 0 Å². The molecule has 0 spiro atoms. The van der Waals surface area contributed by atoms with Gasteiger partial charge >= 0.3 is 0 Å². The Morgan fingerprint density at radius 1 is 1.16 bits per heavy atom. The molecule has 2 rings (SSSR count). The number of piperidine rings is 1. The molecule has 0 bridgehead atoms. The predicted octanol–water partition coefficient (Wildman–Crippen LogP) is 0.988. The number of aliphatic hydroxyl groups is 2. The van der Waals surface area contributed by atoms with Crippen molar-refractivity contribution in [2.24, 2.45) is 0 Å². The minimum Gasteiger partial charge on any atom is -0.394 e. The monoisotopic (exact) mass is 264 g/mol. The smallest absolute Gasteiger partial charge is 0.0633 e. The van der Waals surface area contributed by atoms with Crippen LogP contribution >= 0.6 is 0 Å². The van der Waals surface area contributed by atoms with Crippen LogP contribution in [0.1, 0.15) is 19.8 Å². The van der Waals surface area contributed by atoms with Crippen LogP contribution in [0.15, 0.2) is 30.3 Å². The first-order valence-corrected chi connectivity index (χ1v) is 6.96. The number of benzene rings is 1. The summed E-state index contributed by atoms with van der Waals surface area (Å²) in [7, 11) is 0. The Morgan fingerprint density at radius 3 is 2.26 bits per heavy atom. The third-order valence-corrected chi connectivity index (χ3v) is 3.87. The fraction of sp³-hybridized carbons (Fsp3) is 0.600. The van der Waals surface area contributed by atoms with Gasteiger partial charge in [0.1, 0.15) is 0 Å². The molecule has 1 aliphatic rings. The van der Waals surface area contributed by atoms with E-state index in [-0.39, 0.29) is 13.2 Å². The topological polar surface area (TPSA) is 55.7 Å². The normalized spacial score (nSPS) is 17.7. The molecule has 1 aliphatic heterocycles. The lowest BCUT2D eigenvalue weighted by molar-refractivity contribution is 0.0904. The van der Waals surface area contributed by atoms with Crippen molar-refractivity contribution in [1.82, 2.24) is 5.32 Å². The molecule has 1 heterocycles. The first-order valence-electron chi connectivity index (χ1n) is 6.96. The summed E-state index contributed by atoms with van der Waals surface area (Å²) in [5.74, 6) is 0. The fourth-order valence-electron chi connectivity index (χ4n) is 2.55. The second kappa shape index (κ2) is 6.37. The third-order valence-electron chi connectivity index (χ3n) is 3.87. The fourth-order valence-corrected chi connectivity index (χ4v) is 2.55. The minimum atomic E-state index is -0.570. The van der Waals surface area contributed by atoms with Gasteiger partial charge in [0.15, 0.2) is 0 Å². The molecule has 19 heavy (non-hydrogen) atoms. The first kappa shape index (κ1) is 14.3. The zero-order valence-electron chi connectivity index (χ0n) is 11.5. The zero-order valence-corrected chi connectivity index (χ0v) is 11.5. The van der Waals surface area contributed by atoms with Gasteiger partial charge in [0.25, 0.3) is 0 Å². The number of para-hydroxylation sites is 1. The van der Waals surface area contributed by atoms with Crippen LogP contribution in [0.3, 0.4) is 0 Å². The average Bonchev–Trinajstić information content (AvgIpc) is 2.49. The SMILES string of the molecule is CC(CO)(CO)NC1CCN(c2ccccc2)CC1. The second-order valence-electron chi connectivity index (χ2n) is 5.62. The van der Waals surface area contributed by atoms with E-state index in [2.05, 4.69) is 34.5 Å². The summed E-state index contributed by atoms with van der Waals surface area (Å²) < 4.78 is 0. The largest absolute Gasteiger partial charge is 0.394 e. The van der Waals surface area contributed by atoms with Crippen molar-refractivity contribution in [3.63, 3.8) is 0 Å². The van der Waals surface area contributed by atoms with Crippen LogP contribution in [-0.4, -0.2) is 48.1 Å². The molecule has 0 atom stereocenters. The van der Waals surface area contributed by atoms with Gasteiger partial charge in [-0.2, -0.15) is 0 Å². The quantitative estimate of drug-likeness (QED) is 0.742. The summed E-state index contributed by atoms with van der Waals surface area (Å²) in [6.07, 6.45) is 2.06. The van der Waals surface area contributed by atoms with Crippen LogP contribution in [0.5, 0.6) is 0 Å². The summed E-state index contributed by atoms with van der Waals surface area (Å²) in [5, 5.41) is 22.0. The number of nitrogens with one attached hydrogen (secondary N) is 1. The van der Waals surface area contributed by atoms with Gasteiger partial charge < -0.3 is 20.4 Å². The highest BCUT2D eigenvalue weighted by molar-refractivity contribution is 5.46. The lowest BCUT2D eigenvalue weighted by Gasteiger charge is -2.38. The Balaban J connectivity index is 1.86. The van der Waals surface area contributed by atoms with Crippen LogP contribution in [0.25, 0.3) is 0 Å². The minimum absolute atomic E-state index is 0.0393. The van der Waals surface area contributed by atoms with Crippen LogP contribution in [-0.2, 0) is 0 Å². The summed E-state index contributed by atoms with van der Waals surface area (Å²) in [4.78, 5) is 2.38. The number of aliphatic hydroxyl groups excluding tert-OH is 2. The van der Waals surface area contributed by atoms with Crippen LogP contribution in [0.4, 0.5) is 5.69 Å². The maximum atomic E-state index is 9.31. The van der Waals surface area contributed by atoms with E-state index in [9.17, 15) is 10.2 Å². The van der Waals surface area contributed by atoms with Crippen molar-refractivity contribution in [3.8, 4) is 0 Å². The Labute approximate surface area is 115 Å². The third kappa shape index (κ3) is 3.69. The molecule has 1 aromatic carbocycles. The molecular weight excluding hydrogens is 240 g/mol. The van der Waals surface area contributed by atoms with Crippen LogP contribution in [0, 0.1) is 0 Å². The number of hydrogen-bond acceptors (Lipinski definition) is 4. The summed E-state index contributed by atoms with van der Waals surface area (Å²) >= 11 is 0. The van der Waals surface area contributed by atoms with E-state index in [1.54, 1.807) is 0 Å². The van der Waals surface area contributed by atoms with Crippen molar-refractivity contribution < 1.29 is 10.2 Å². The second-order valence-corrected chi connectivity index (χ2v) is 5.62. The number of anilines is 1. The molecule has 4 heteroatoms.